The summed E-state index contributed by atoms with van der Waals surface area (Å²) in [5.74, 6) is -0.361. The zero-order chi connectivity index (χ0) is 19.5. The molecule has 0 atom stereocenters. The molecule has 3 heterocycles. The van der Waals surface area contributed by atoms with E-state index in [1.54, 1.807) is 35.9 Å². The van der Waals surface area contributed by atoms with Gasteiger partial charge in [-0.25, -0.2) is 14.2 Å². The number of carboxylic acid groups (broad SMARTS) is 1. The summed E-state index contributed by atoms with van der Waals surface area (Å²) in [4.78, 5) is 20.6. The average molecular weight is 399 g/mol. The molecule has 1 aliphatic rings. The lowest BCUT2D eigenvalue weighted by Crippen LogP contribution is -2.13. The lowest BCUT2D eigenvalue weighted by molar-refractivity contribution is 0.0853. The highest BCUT2D eigenvalue weighted by Crippen LogP contribution is 2.42. The summed E-state index contributed by atoms with van der Waals surface area (Å²) in [5, 5.41) is 12.0. The van der Waals surface area contributed by atoms with Crippen molar-refractivity contribution in [3.8, 4) is 21.7 Å². The zero-order valence-electron chi connectivity index (χ0n) is 14.9. The second-order valence-electron chi connectivity index (χ2n) is 6.45. The highest BCUT2D eigenvalue weighted by Gasteiger charge is 2.25. The normalized spacial score (nSPS) is 14.8. The van der Waals surface area contributed by atoms with Crippen LogP contribution in [0.5, 0.6) is 0 Å². The molecule has 0 saturated carbocycles. The van der Waals surface area contributed by atoms with Crippen LogP contribution in [-0.4, -0.2) is 34.4 Å². The number of nitrogens with one attached hydrogen (secondary N) is 1. The Labute approximate surface area is 165 Å². The van der Waals surface area contributed by atoms with Gasteiger partial charge in [0.05, 0.1) is 21.3 Å². The molecule has 2 aromatic heterocycles. The average Bonchev–Trinajstić information content (AvgIpc) is 3.16. The fraction of sp³-hybridized carbons (Fsp3) is 0.250. The number of amides is 1. The van der Waals surface area contributed by atoms with Crippen LogP contribution in [0.3, 0.4) is 0 Å². The molecule has 28 heavy (non-hydrogen) atoms. The van der Waals surface area contributed by atoms with Gasteiger partial charge in [0.2, 0.25) is 0 Å². The van der Waals surface area contributed by atoms with E-state index in [0.29, 0.717) is 18.9 Å². The van der Waals surface area contributed by atoms with Crippen LogP contribution in [0.1, 0.15) is 23.8 Å². The smallest absolute Gasteiger partial charge is 0.409 e. The van der Waals surface area contributed by atoms with Crippen LogP contribution < -0.4 is 5.32 Å². The molecular weight excluding hydrogens is 381 g/mol. The number of nitrogens with zero attached hydrogens (tertiary/aromatic N) is 2. The molecule has 1 aromatic carbocycles. The molecule has 3 aromatic rings. The van der Waals surface area contributed by atoms with E-state index in [0.717, 1.165) is 28.3 Å². The summed E-state index contributed by atoms with van der Waals surface area (Å²) in [6, 6.07) is 8.36. The second kappa shape index (κ2) is 8.04. The first kappa shape index (κ1) is 18.5. The Morgan fingerprint density at radius 3 is 2.68 bits per heavy atom. The topological polar surface area (TPSA) is 84.3 Å². The van der Waals surface area contributed by atoms with Gasteiger partial charge in [-0.2, -0.15) is 0 Å². The monoisotopic (exact) mass is 399 g/mol. The van der Waals surface area contributed by atoms with Crippen LogP contribution in [0.4, 0.5) is 14.9 Å². The maximum Gasteiger partial charge on any atom is 0.409 e. The predicted molar refractivity (Wildman–Crippen MR) is 105 cm³/mol. The van der Waals surface area contributed by atoms with E-state index >= 15 is 4.39 Å². The van der Waals surface area contributed by atoms with Gasteiger partial charge in [-0.1, -0.05) is 6.07 Å². The van der Waals surface area contributed by atoms with E-state index in [1.165, 1.54) is 6.07 Å². The van der Waals surface area contributed by atoms with Gasteiger partial charge >= 0.3 is 6.09 Å². The van der Waals surface area contributed by atoms with Gasteiger partial charge in [-0.3, -0.25) is 10.3 Å². The van der Waals surface area contributed by atoms with Crippen LogP contribution in [0.25, 0.3) is 21.7 Å². The van der Waals surface area contributed by atoms with Crippen molar-refractivity contribution in [2.75, 3.05) is 18.5 Å². The molecule has 8 heteroatoms. The summed E-state index contributed by atoms with van der Waals surface area (Å²) >= 11 is 1.54. The largest absolute Gasteiger partial charge is 0.465 e. The highest BCUT2D eigenvalue weighted by molar-refractivity contribution is 7.15. The third kappa shape index (κ3) is 3.74. The number of ether oxygens (including phenoxy) is 1. The van der Waals surface area contributed by atoms with Crippen molar-refractivity contribution in [3.05, 3.63) is 53.6 Å². The minimum Gasteiger partial charge on any atom is -0.465 e. The number of aromatic nitrogens is 2. The predicted octanol–water partition coefficient (Wildman–Crippen LogP) is 5.00. The van der Waals surface area contributed by atoms with Crippen molar-refractivity contribution in [2.24, 2.45) is 0 Å². The molecule has 0 bridgehead atoms. The highest BCUT2D eigenvalue weighted by atomic mass is 32.1. The van der Waals surface area contributed by atoms with E-state index in [1.807, 2.05) is 12.1 Å². The van der Waals surface area contributed by atoms with Crippen LogP contribution in [0.2, 0.25) is 0 Å². The van der Waals surface area contributed by atoms with E-state index in [-0.39, 0.29) is 17.2 Å². The minimum absolute atomic E-state index is 0.0914. The van der Waals surface area contributed by atoms with Crippen LogP contribution >= 0.6 is 11.3 Å². The van der Waals surface area contributed by atoms with E-state index in [2.05, 4.69) is 10.3 Å². The lowest BCUT2D eigenvalue weighted by Gasteiger charge is -2.19. The standard InChI is InChI=1S/C20H18FN3O3S/c21-16-14(2-1-3-15(16)23-20(25)26)17-18(12-4-8-22-9-5-12)28-19(24-17)13-6-10-27-11-7-13/h1-5,8-9,13,23H,6-7,10-11H2,(H,25,26). The summed E-state index contributed by atoms with van der Waals surface area (Å²) in [6.45, 7) is 1.38. The van der Waals surface area contributed by atoms with Gasteiger partial charge in [0, 0.05) is 37.1 Å². The van der Waals surface area contributed by atoms with Crippen molar-refractivity contribution in [2.45, 2.75) is 18.8 Å². The Morgan fingerprint density at radius 1 is 1.21 bits per heavy atom. The number of hydrogen-bond donors (Lipinski definition) is 2. The number of benzene rings is 1. The summed E-state index contributed by atoms with van der Waals surface area (Å²) in [7, 11) is 0. The molecule has 0 unspecified atom stereocenters. The molecule has 1 saturated heterocycles. The summed E-state index contributed by atoms with van der Waals surface area (Å²) < 4.78 is 20.5. The SMILES string of the molecule is O=C(O)Nc1cccc(-c2nc(C3CCOCC3)sc2-c2ccncc2)c1F. The first-order chi connectivity index (χ1) is 13.6. The van der Waals surface area contributed by atoms with Crippen molar-refractivity contribution in [1.82, 2.24) is 9.97 Å². The molecule has 1 aliphatic heterocycles. The molecule has 0 radical (unpaired) electrons. The third-order valence-electron chi connectivity index (χ3n) is 4.65. The maximum atomic E-state index is 15.1. The third-order valence-corrected chi connectivity index (χ3v) is 5.92. The molecule has 144 valence electrons. The van der Waals surface area contributed by atoms with E-state index < -0.39 is 11.9 Å². The fourth-order valence-corrected chi connectivity index (χ4v) is 4.52. The number of carbonyl (C=O) groups is 1. The van der Waals surface area contributed by atoms with E-state index in [4.69, 9.17) is 14.8 Å². The van der Waals surface area contributed by atoms with Gasteiger partial charge in [0.1, 0.15) is 0 Å². The number of anilines is 1. The number of rotatable bonds is 4. The Morgan fingerprint density at radius 2 is 1.96 bits per heavy atom. The Balaban J connectivity index is 1.83. The quantitative estimate of drug-likeness (QED) is 0.645. The van der Waals surface area contributed by atoms with Gasteiger partial charge < -0.3 is 9.84 Å². The Hall–Kier alpha value is -2.84. The van der Waals surface area contributed by atoms with Crippen molar-refractivity contribution in [1.29, 1.82) is 0 Å². The molecule has 0 aliphatic carbocycles. The number of pyridine rings is 1. The molecule has 4 rings (SSSR count). The fourth-order valence-electron chi connectivity index (χ4n) is 3.26. The van der Waals surface area contributed by atoms with Crippen LogP contribution in [0, 0.1) is 5.82 Å². The maximum absolute atomic E-state index is 15.1. The van der Waals surface area contributed by atoms with Crippen molar-refractivity contribution in [3.63, 3.8) is 0 Å². The summed E-state index contributed by atoms with van der Waals surface area (Å²) in [5.41, 5.74) is 1.60. The minimum atomic E-state index is -1.31. The van der Waals surface area contributed by atoms with Crippen molar-refractivity contribution < 1.29 is 19.0 Å². The number of thiazole rings is 1. The molecule has 1 amide bonds. The molecule has 6 nitrogen and oxygen atoms in total. The van der Waals surface area contributed by atoms with Gasteiger partial charge in [0.15, 0.2) is 5.82 Å². The molecular formula is C20H18FN3O3S. The van der Waals surface area contributed by atoms with Crippen LogP contribution in [0.15, 0.2) is 42.7 Å². The van der Waals surface area contributed by atoms with Crippen LogP contribution in [-0.2, 0) is 4.74 Å². The van der Waals surface area contributed by atoms with E-state index in [9.17, 15) is 4.79 Å². The van der Waals surface area contributed by atoms with Gasteiger partial charge in [0.25, 0.3) is 0 Å². The molecule has 1 fully saturated rings. The first-order valence-corrected chi connectivity index (χ1v) is 9.73. The summed E-state index contributed by atoms with van der Waals surface area (Å²) in [6.07, 6.45) is 3.82. The van der Waals surface area contributed by atoms with Gasteiger partial charge in [-0.05, 0) is 42.7 Å². The molecule has 0 spiro atoms. The number of hydrogen-bond acceptors (Lipinski definition) is 5. The first-order valence-electron chi connectivity index (χ1n) is 8.91. The second-order valence-corrected chi connectivity index (χ2v) is 7.48. The molecule has 2 N–H and O–H groups in total. The lowest BCUT2D eigenvalue weighted by atomic mass is 10.0. The number of halogens is 1. The zero-order valence-corrected chi connectivity index (χ0v) is 15.7. The Kier molecular flexibility index (Phi) is 5.31. The van der Waals surface area contributed by atoms with Gasteiger partial charge in [-0.15, -0.1) is 11.3 Å². The van der Waals surface area contributed by atoms with Crippen molar-refractivity contribution >= 4 is 23.1 Å². The Bertz CT molecular complexity index is 988.